The van der Waals surface area contributed by atoms with Gasteiger partial charge in [0.25, 0.3) is 0 Å². The summed E-state index contributed by atoms with van der Waals surface area (Å²) in [6.45, 7) is 9.52. The van der Waals surface area contributed by atoms with Crippen molar-refractivity contribution in [1.82, 2.24) is 14.9 Å². The molecule has 2 saturated heterocycles. The van der Waals surface area contributed by atoms with Crippen LogP contribution in [-0.4, -0.2) is 60.3 Å². The lowest BCUT2D eigenvalue weighted by molar-refractivity contribution is 0.0455. The molecule has 5 rings (SSSR count). The number of halogens is 1. The SMILES string of the molecule is C=C1CCN(C[C@H]2CC[C@H](Nc3cc(-c4cccc(NCC5(C#N)CCOCC5)n4)c(Cl)cn3)CC2)CC1. The Morgan fingerprint density at radius 3 is 2.63 bits per heavy atom. The highest BCUT2D eigenvalue weighted by atomic mass is 35.5. The third-order valence-corrected chi connectivity index (χ3v) is 8.75. The number of aromatic nitrogens is 2. The standard InChI is InChI=1S/C30H39ClN6O/c1-22-9-13-37(14-10-22)19-23-5-7-24(8-6-23)35-29-17-25(26(31)18-33-29)27-3-2-4-28(36-27)34-21-30(20-32)11-15-38-16-12-30/h2-4,17-18,23-24H,1,5-16,19,21H2,(H,33,35)(H,34,36)/t23-,24-. The second kappa shape index (κ2) is 12.5. The molecule has 2 aromatic heterocycles. The number of nitrogens with zero attached hydrogens (tertiary/aromatic N) is 4. The van der Waals surface area contributed by atoms with Crippen LogP contribution in [0.1, 0.15) is 51.4 Å². The van der Waals surface area contributed by atoms with Gasteiger partial charge in [0, 0.05) is 57.2 Å². The van der Waals surface area contributed by atoms with Gasteiger partial charge in [0.15, 0.2) is 0 Å². The van der Waals surface area contributed by atoms with Gasteiger partial charge in [-0.15, -0.1) is 0 Å². The highest BCUT2D eigenvalue weighted by Gasteiger charge is 2.32. The minimum absolute atomic E-state index is 0.413. The van der Waals surface area contributed by atoms with E-state index in [0.29, 0.717) is 30.8 Å². The Labute approximate surface area is 231 Å². The highest BCUT2D eigenvalue weighted by molar-refractivity contribution is 6.33. The van der Waals surface area contributed by atoms with Crippen LogP contribution in [0.25, 0.3) is 11.3 Å². The normalized spacial score (nSPS) is 23.9. The van der Waals surface area contributed by atoms with Crippen molar-refractivity contribution in [2.45, 2.75) is 57.4 Å². The molecule has 38 heavy (non-hydrogen) atoms. The zero-order valence-corrected chi connectivity index (χ0v) is 23.0. The summed E-state index contributed by atoms with van der Waals surface area (Å²) < 4.78 is 5.45. The average Bonchev–Trinajstić information content (AvgIpc) is 2.96. The second-order valence-corrected chi connectivity index (χ2v) is 11.6. The van der Waals surface area contributed by atoms with E-state index in [1.807, 2.05) is 24.3 Å². The van der Waals surface area contributed by atoms with Gasteiger partial charge in [0.2, 0.25) is 0 Å². The number of rotatable bonds is 8. The zero-order chi connectivity index (χ0) is 26.4. The Bertz CT molecular complexity index is 1140. The summed E-state index contributed by atoms with van der Waals surface area (Å²) in [4.78, 5) is 12.0. The molecule has 2 aromatic rings. The molecule has 0 amide bonds. The zero-order valence-electron chi connectivity index (χ0n) is 22.2. The van der Waals surface area contributed by atoms with Gasteiger partial charge in [-0.3, -0.25) is 0 Å². The Hall–Kier alpha value is -2.66. The van der Waals surface area contributed by atoms with Crippen molar-refractivity contribution in [1.29, 1.82) is 5.26 Å². The predicted molar refractivity (Wildman–Crippen MR) is 153 cm³/mol. The van der Waals surface area contributed by atoms with Gasteiger partial charge in [0.1, 0.15) is 11.6 Å². The van der Waals surface area contributed by atoms with Crippen molar-refractivity contribution in [3.05, 3.63) is 47.6 Å². The highest BCUT2D eigenvalue weighted by Crippen LogP contribution is 2.33. The summed E-state index contributed by atoms with van der Waals surface area (Å²) in [5.74, 6) is 2.37. The van der Waals surface area contributed by atoms with E-state index in [1.165, 1.54) is 38.0 Å². The molecular weight excluding hydrogens is 496 g/mol. The monoisotopic (exact) mass is 534 g/mol. The van der Waals surface area contributed by atoms with Crippen LogP contribution in [0.3, 0.4) is 0 Å². The summed E-state index contributed by atoms with van der Waals surface area (Å²) in [5, 5.41) is 17.4. The van der Waals surface area contributed by atoms with Crippen molar-refractivity contribution >= 4 is 23.2 Å². The first-order chi connectivity index (χ1) is 18.5. The maximum absolute atomic E-state index is 9.75. The summed E-state index contributed by atoms with van der Waals surface area (Å²) in [6, 6.07) is 10.8. The van der Waals surface area contributed by atoms with E-state index in [-0.39, 0.29) is 0 Å². The van der Waals surface area contributed by atoms with E-state index < -0.39 is 5.41 Å². The van der Waals surface area contributed by atoms with Crippen LogP contribution in [0.2, 0.25) is 5.02 Å². The molecule has 2 N–H and O–H groups in total. The minimum Gasteiger partial charge on any atom is -0.381 e. The Morgan fingerprint density at radius 2 is 1.89 bits per heavy atom. The quantitative estimate of drug-likeness (QED) is 0.393. The summed E-state index contributed by atoms with van der Waals surface area (Å²) in [6.07, 6.45) is 10.3. The smallest absolute Gasteiger partial charge is 0.126 e. The van der Waals surface area contributed by atoms with Crippen LogP contribution in [0.4, 0.5) is 11.6 Å². The minimum atomic E-state index is -0.413. The van der Waals surface area contributed by atoms with Crippen LogP contribution >= 0.6 is 11.6 Å². The topological polar surface area (TPSA) is 86.1 Å². The molecule has 0 unspecified atom stereocenters. The van der Waals surface area contributed by atoms with Gasteiger partial charge < -0.3 is 20.3 Å². The van der Waals surface area contributed by atoms with E-state index in [1.54, 1.807) is 6.20 Å². The lowest BCUT2D eigenvalue weighted by atomic mass is 9.82. The Morgan fingerprint density at radius 1 is 1.13 bits per heavy atom. The molecule has 3 aliphatic rings. The fourth-order valence-electron chi connectivity index (χ4n) is 5.86. The van der Waals surface area contributed by atoms with Crippen LogP contribution in [0, 0.1) is 22.7 Å². The number of piperidine rings is 1. The number of ether oxygens (including phenoxy) is 1. The third-order valence-electron chi connectivity index (χ3n) is 8.45. The first-order valence-electron chi connectivity index (χ1n) is 14.0. The van der Waals surface area contributed by atoms with Crippen molar-refractivity contribution in [3.8, 4) is 17.3 Å². The van der Waals surface area contributed by atoms with Crippen molar-refractivity contribution in [3.63, 3.8) is 0 Å². The lowest BCUT2D eigenvalue weighted by Gasteiger charge is -2.35. The molecule has 0 spiro atoms. The molecule has 1 aliphatic carbocycles. The number of nitriles is 1. The molecule has 4 heterocycles. The Balaban J connectivity index is 1.17. The van der Waals surface area contributed by atoms with Crippen LogP contribution in [0.15, 0.2) is 42.6 Å². The largest absolute Gasteiger partial charge is 0.381 e. The molecule has 0 atom stereocenters. The third kappa shape index (κ3) is 6.85. The molecule has 202 valence electrons. The van der Waals surface area contributed by atoms with E-state index in [2.05, 4.69) is 33.2 Å². The molecule has 0 bridgehead atoms. The van der Waals surface area contributed by atoms with Crippen molar-refractivity contribution in [2.24, 2.45) is 11.3 Å². The van der Waals surface area contributed by atoms with E-state index in [4.69, 9.17) is 21.3 Å². The van der Waals surface area contributed by atoms with E-state index in [9.17, 15) is 5.26 Å². The van der Waals surface area contributed by atoms with Gasteiger partial charge in [-0.05, 0) is 75.5 Å². The molecule has 0 aromatic carbocycles. The molecule has 8 heteroatoms. The summed E-state index contributed by atoms with van der Waals surface area (Å²) >= 11 is 6.57. The van der Waals surface area contributed by atoms with Gasteiger partial charge in [-0.2, -0.15) is 5.26 Å². The summed E-state index contributed by atoms with van der Waals surface area (Å²) in [5.41, 5.74) is 2.64. The number of anilines is 2. The van der Waals surface area contributed by atoms with Crippen LogP contribution < -0.4 is 10.6 Å². The molecule has 1 saturated carbocycles. The number of likely N-dealkylation sites (tertiary alicyclic amines) is 1. The average molecular weight is 535 g/mol. The van der Waals surface area contributed by atoms with Gasteiger partial charge in [-0.25, -0.2) is 9.97 Å². The molecule has 7 nitrogen and oxygen atoms in total. The van der Waals surface area contributed by atoms with Crippen LogP contribution in [-0.2, 0) is 4.74 Å². The number of nitrogens with one attached hydrogen (secondary N) is 2. The molecular formula is C30H39ClN6O. The number of hydrogen-bond donors (Lipinski definition) is 2. The maximum atomic E-state index is 9.75. The molecule has 3 fully saturated rings. The maximum Gasteiger partial charge on any atom is 0.126 e. The fraction of sp³-hybridized carbons (Fsp3) is 0.567. The Kier molecular flexibility index (Phi) is 8.83. The summed E-state index contributed by atoms with van der Waals surface area (Å²) in [7, 11) is 0. The lowest BCUT2D eigenvalue weighted by Crippen LogP contribution is -2.37. The first-order valence-corrected chi connectivity index (χ1v) is 14.4. The first kappa shape index (κ1) is 26.9. The number of hydrogen-bond acceptors (Lipinski definition) is 7. The van der Waals surface area contributed by atoms with E-state index >= 15 is 0 Å². The van der Waals surface area contributed by atoms with Gasteiger partial charge >= 0.3 is 0 Å². The second-order valence-electron chi connectivity index (χ2n) is 11.2. The van der Waals surface area contributed by atoms with E-state index in [0.717, 1.165) is 67.3 Å². The van der Waals surface area contributed by atoms with Gasteiger partial charge in [0.05, 0.1) is 22.2 Å². The predicted octanol–water partition coefficient (Wildman–Crippen LogP) is 6.15. The fourth-order valence-corrected chi connectivity index (χ4v) is 6.06. The van der Waals surface area contributed by atoms with Gasteiger partial charge in [-0.1, -0.05) is 29.8 Å². The van der Waals surface area contributed by atoms with Crippen molar-refractivity contribution in [2.75, 3.05) is 50.0 Å². The van der Waals surface area contributed by atoms with Crippen molar-refractivity contribution < 1.29 is 4.74 Å². The molecule has 2 aliphatic heterocycles. The number of pyridine rings is 2. The van der Waals surface area contributed by atoms with Crippen LogP contribution in [0.5, 0.6) is 0 Å². The molecule has 0 radical (unpaired) electrons.